The van der Waals surface area contributed by atoms with Crippen molar-refractivity contribution in [1.29, 1.82) is 0 Å². The van der Waals surface area contributed by atoms with Crippen molar-refractivity contribution in [2.45, 2.75) is 38.8 Å². The van der Waals surface area contributed by atoms with Crippen molar-refractivity contribution in [3.8, 4) is 56.4 Å². The van der Waals surface area contributed by atoms with Gasteiger partial charge in [-0.15, -0.1) is 0 Å². The summed E-state index contributed by atoms with van der Waals surface area (Å²) in [5, 5.41) is 0. The van der Waals surface area contributed by atoms with Crippen molar-refractivity contribution < 1.29 is 9.47 Å². The van der Waals surface area contributed by atoms with E-state index in [1.807, 2.05) is 60.7 Å². The van der Waals surface area contributed by atoms with Crippen LogP contribution in [0.4, 0.5) is 0 Å². The summed E-state index contributed by atoms with van der Waals surface area (Å²) in [5.74, 6) is 2.93. The van der Waals surface area contributed by atoms with E-state index in [4.69, 9.17) is 34.4 Å². The van der Waals surface area contributed by atoms with Gasteiger partial charge in [0.05, 0.1) is 11.1 Å². The Labute approximate surface area is 292 Å². The largest absolute Gasteiger partial charge is 0.475 e. The van der Waals surface area contributed by atoms with E-state index in [9.17, 15) is 0 Å². The zero-order valence-corrected chi connectivity index (χ0v) is 28.6. The summed E-state index contributed by atoms with van der Waals surface area (Å²) in [4.78, 5) is 25.0. The quantitative estimate of drug-likeness (QED) is 0.171. The fraction of sp³-hybridized carbons (Fsp3) is 0.186. The Bertz CT molecular complexity index is 2120. The molecule has 6 aromatic rings. The lowest BCUT2D eigenvalue weighted by atomic mass is 9.96. The van der Waals surface area contributed by atoms with E-state index in [0.29, 0.717) is 42.5 Å². The van der Waals surface area contributed by atoms with Gasteiger partial charge in [-0.2, -0.15) is 0 Å². The van der Waals surface area contributed by atoms with E-state index in [2.05, 4.69) is 94.4 Å². The molecule has 0 atom stereocenters. The minimum absolute atomic E-state index is 0.271. The van der Waals surface area contributed by atoms with Crippen LogP contribution in [0.15, 0.2) is 137 Å². The predicted octanol–water partition coefficient (Wildman–Crippen LogP) is 9.32. The molecule has 3 heterocycles. The first kappa shape index (κ1) is 31.3. The Morgan fingerprint density at radius 1 is 0.380 bits per heavy atom. The lowest BCUT2D eigenvalue weighted by molar-refractivity contribution is 0.279. The molecule has 0 aliphatic carbocycles. The highest BCUT2D eigenvalue weighted by molar-refractivity contribution is 5.97. The van der Waals surface area contributed by atoms with Crippen LogP contribution in [0.5, 0.6) is 0 Å². The molecule has 2 aliphatic rings. The lowest BCUT2D eigenvalue weighted by Crippen LogP contribution is -2.17. The third kappa shape index (κ3) is 6.54. The zero-order chi connectivity index (χ0) is 34.3. The average Bonchev–Trinajstić information content (AvgIpc) is 3.72. The first-order chi connectivity index (χ1) is 24.2. The number of hydrogen-bond acceptors (Lipinski definition) is 7. The van der Waals surface area contributed by atoms with Gasteiger partial charge < -0.3 is 9.47 Å². The van der Waals surface area contributed by atoms with Crippen LogP contribution in [0.2, 0.25) is 0 Å². The molecule has 50 heavy (non-hydrogen) atoms. The first-order valence-corrected chi connectivity index (χ1v) is 16.9. The average molecular weight is 656 g/mol. The first-order valence-electron chi connectivity index (χ1n) is 16.9. The maximum absolute atomic E-state index is 5.99. The van der Waals surface area contributed by atoms with Gasteiger partial charge >= 0.3 is 0 Å². The van der Waals surface area contributed by atoms with Crippen molar-refractivity contribution in [2.24, 2.45) is 9.98 Å². The van der Waals surface area contributed by atoms with Gasteiger partial charge in [-0.1, -0.05) is 84.9 Å². The van der Waals surface area contributed by atoms with Crippen molar-refractivity contribution in [1.82, 2.24) is 15.0 Å². The normalized spacial score (nSPS) is 15.9. The fourth-order valence-electron chi connectivity index (χ4n) is 6.16. The summed E-state index contributed by atoms with van der Waals surface area (Å²) >= 11 is 0. The molecule has 0 fully saturated rings. The molecule has 2 aliphatic heterocycles. The van der Waals surface area contributed by atoms with Crippen LogP contribution in [-0.4, -0.2) is 51.0 Å². The lowest BCUT2D eigenvalue weighted by Gasteiger charge is -2.13. The molecule has 246 valence electrons. The summed E-state index contributed by atoms with van der Waals surface area (Å²) in [7, 11) is 0. The van der Waals surface area contributed by atoms with Crippen molar-refractivity contribution >= 4 is 11.8 Å². The Balaban J connectivity index is 1.31. The number of hydrogen-bond donors (Lipinski definition) is 0. The highest BCUT2D eigenvalue weighted by Crippen LogP contribution is 2.34. The van der Waals surface area contributed by atoms with Gasteiger partial charge in [0.25, 0.3) is 0 Å². The Morgan fingerprint density at radius 3 is 1.12 bits per heavy atom. The maximum Gasteiger partial charge on any atom is 0.216 e. The minimum Gasteiger partial charge on any atom is -0.475 e. The molecule has 0 amide bonds. The summed E-state index contributed by atoms with van der Waals surface area (Å²) in [6.45, 7) is 9.35. The molecule has 0 N–H and O–H groups in total. The number of nitrogens with zero attached hydrogens (tertiary/aromatic N) is 5. The van der Waals surface area contributed by atoms with Crippen molar-refractivity contribution in [3.05, 3.63) is 139 Å². The van der Waals surface area contributed by atoms with E-state index in [-0.39, 0.29) is 11.1 Å². The van der Waals surface area contributed by atoms with Crippen molar-refractivity contribution in [2.75, 3.05) is 13.2 Å². The molecular formula is C43H37N5O2. The second kappa shape index (κ2) is 12.5. The van der Waals surface area contributed by atoms with E-state index in [0.717, 1.165) is 50.1 Å². The van der Waals surface area contributed by atoms with Crippen LogP contribution in [0.3, 0.4) is 0 Å². The van der Waals surface area contributed by atoms with Crippen molar-refractivity contribution in [3.63, 3.8) is 0 Å². The summed E-state index contributed by atoms with van der Waals surface area (Å²) in [6.07, 6.45) is 0. The molecule has 0 saturated heterocycles. The number of aromatic nitrogens is 3. The second-order valence-electron chi connectivity index (χ2n) is 14.0. The van der Waals surface area contributed by atoms with Crippen LogP contribution in [0.25, 0.3) is 56.4 Å². The van der Waals surface area contributed by atoms with Gasteiger partial charge in [-0.05, 0) is 92.4 Å². The molecule has 7 heteroatoms. The minimum atomic E-state index is -0.271. The van der Waals surface area contributed by atoms with Gasteiger partial charge in [0, 0.05) is 27.8 Å². The van der Waals surface area contributed by atoms with Gasteiger partial charge in [0.15, 0.2) is 17.5 Å². The maximum atomic E-state index is 5.99. The van der Waals surface area contributed by atoms with E-state index >= 15 is 0 Å². The summed E-state index contributed by atoms with van der Waals surface area (Å²) < 4.78 is 12.0. The number of ether oxygens (including phenoxy) is 2. The molecule has 8 rings (SSSR count). The van der Waals surface area contributed by atoms with Crippen LogP contribution in [0.1, 0.15) is 38.8 Å². The summed E-state index contributed by atoms with van der Waals surface area (Å²) in [6, 6.07) is 43.4. The second-order valence-corrected chi connectivity index (χ2v) is 14.0. The third-order valence-electron chi connectivity index (χ3n) is 8.71. The van der Waals surface area contributed by atoms with Crippen LogP contribution in [0, 0.1) is 0 Å². The van der Waals surface area contributed by atoms with E-state index in [1.165, 1.54) is 0 Å². The van der Waals surface area contributed by atoms with Gasteiger partial charge in [-0.25, -0.2) is 24.9 Å². The van der Waals surface area contributed by atoms with Crippen LogP contribution >= 0.6 is 0 Å². The molecule has 0 saturated carbocycles. The summed E-state index contributed by atoms with van der Waals surface area (Å²) in [5.41, 5.74) is 8.17. The Kier molecular flexibility index (Phi) is 7.83. The molecular weight excluding hydrogens is 619 g/mol. The molecule has 7 nitrogen and oxygen atoms in total. The predicted molar refractivity (Wildman–Crippen MR) is 200 cm³/mol. The molecule has 0 radical (unpaired) electrons. The molecule has 5 aromatic carbocycles. The number of benzene rings is 5. The molecule has 0 bridgehead atoms. The van der Waals surface area contributed by atoms with Crippen LogP contribution in [-0.2, 0) is 9.47 Å². The molecule has 0 spiro atoms. The Hall–Kier alpha value is -5.95. The Morgan fingerprint density at radius 2 is 0.720 bits per heavy atom. The van der Waals surface area contributed by atoms with Gasteiger partial charge in [-0.3, -0.25) is 0 Å². The molecule has 0 unspecified atom stereocenters. The smallest absolute Gasteiger partial charge is 0.216 e. The number of rotatable bonds is 7. The number of aliphatic imine (C=N–C) groups is 2. The fourth-order valence-corrected chi connectivity index (χ4v) is 6.16. The highest BCUT2D eigenvalue weighted by atomic mass is 16.5. The third-order valence-corrected chi connectivity index (χ3v) is 8.71. The standard InChI is InChI=1S/C43H37N5O2/c1-42(2)26-49-40(47-42)32-19-11-17-30(21-32)37-44-38(31-18-12-20-33(22-31)41-48-43(3,4)27-50-41)46-39(45-37)36-24-34(28-13-7-5-8-14-28)23-35(25-36)29-15-9-6-10-16-29/h5-25H,26-27H2,1-4H3. The zero-order valence-electron chi connectivity index (χ0n) is 28.6. The topological polar surface area (TPSA) is 81.9 Å². The van der Waals surface area contributed by atoms with Gasteiger partial charge in [0.1, 0.15) is 13.2 Å². The van der Waals surface area contributed by atoms with Crippen LogP contribution < -0.4 is 0 Å². The monoisotopic (exact) mass is 655 g/mol. The van der Waals surface area contributed by atoms with E-state index in [1.54, 1.807) is 0 Å². The SMILES string of the molecule is CC1(C)COC(c2cccc(-c3nc(-c4cccc(C5=NC(C)(C)CO5)c4)nc(-c4cc(-c5ccccc5)cc(-c5ccccc5)c4)n3)c2)=N1. The highest BCUT2D eigenvalue weighted by Gasteiger charge is 2.28. The van der Waals surface area contributed by atoms with E-state index < -0.39 is 0 Å². The van der Waals surface area contributed by atoms with Gasteiger partial charge in [0.2, 0.25) is 11.8 Å². The molecule has 1 aromatic heterocycles.